The van der Waals surface area contributed by atoms with Crippen molar-refractivity contribution < 1.29 is 19.4 Å². The van der Waals surface area contributed by atoms with Crippen LogP contribution in [0.1, 0.15) is 11.1 Å². The Morgan fingerprint density at radius 1 is 1.19 bits per heavy atom. The molecule has 27 heavy (non-hydrogen) atoms. The molecule has 0 unspecified atom stereocenters. The zero-order chi connectivity index (χ0) is 19.6. The number of phenols is 1. The van der Waals surface area contributed by atoms with E-state index in [4.69, 9.17) is 9.47 Å². The Morgan fingerprint density at radius 2 is 1.93 bits per heavy atom. The molecular formula is C21H20N2O4. The summed E-state index contributed by atoms with van der Waals surface area (Å²) in [6.45, 7) is 0.306. The van der Waals surface area contributed by atoms with Crippen LogP contribution in [0, 0.1) is 11.3 Å². The van der Waals surface area contributed by atoms with Crippen LogP contribution in [-0.4, -0.2) is 25.2 Å². The summed E-state index contributed by atoms with van der Waals surface area (Å²) in [6.07, 6.45) is 4.73. The van der Waals surface area contributed by atoms with Crippen molar-refractivity contribution in [2.24, 2.45) is 0 Å². The third-order valence-electron chi connectivity index (χ3n) is 3.73. The second-order valence-electron chi connectivity index (χ2n) is 5.51. The topological polar surface area (TPSA) is 91.6 Å². The quantitative estimate of drug-likeness (QED) is 0.447. The summed E-state index contributed by atoms with van der Waals surface area (Å²) in [5, 5.41) is 21.5. The molecule has 0 bridgehead atoms. The zero-order valence-electron chi connectivity index (χ0n) is 15.1. The van der Waals surface area contributed by atoms with Crippen molar-refractivity contribution in [3.05, 3.63) is 71.3 Å². The van der Waals surface area contributed by atoms with Gasteiger partial charge in [-0.05, 0) is 41.5 Å². The molecule has 0 saturated carbocycles. The zero-order valence-corrected chi connectivity index (χ0v) is 15.1. The molecule has 2 aromatic rings. The lowest BCUT2D eigenvalue weighted by Gasteiger charge is -2.05. The van der Waals surface area contributed by atoms with Crippen LogP contribution in [0.25, 0.3) is 6.08 Å². The monoisotopic (exact) mass is 364 g/mol. The Hall–Kier alpha value is -3.72. The molecule has 6 heteroatoms. The lowest BCUT2D eigenvalue weighted by Crippen LogP contribution is -2.23. The Labute approximate surface area is 158 Å². The average Bonchev–Trinajstić information content (AvgIpc) is 2.71. The van der Waals surface area contributed by atoms with E-state index in [1.807, 2.05) is 18.2 Å². The van der Waals surface area contributed by atoms with E-state index in [1.54, 1.807) is 43.5 Å². The number of nitriles is 1. The Morgan fingerprint density at radius 3 is 2.56 bits per heavy atom. The molecule has 0 heterocycles. The van der Waals surface area contributed by atoms with Crippen molar-refractivity contribution in [1.29, 1.82) is 5.26 Å². The minimum atomic E-state index is -0.457. The summed E-state index contributed by atoms with van der Waals surface area (Å²) < 4.78 is 10.1. The highest BCUT2D eigenvalue weighted by Crippen LogP contribution is 2.26. The van der Waals surface area contributed by atoms with E-state index < -0.39 is 5.91 Å². The van der Waals surface area contributed by atoms with Crippen LogP contribution in [0.5, 0.6) is 17.2 Å². The summed E-state index contributed by atoms with van der Waals surface area (Å²) in [5.74, 6) is 0.666. The average molecular weight is 364 g/mol. The molecule has 138 valence electrons. The number of allylic oxidation sites excluding steroid dienone is 2. The Balaban J connectivity index is 1.99. The normalized spacial score (nSPS) is 11.1. The summed E-state index contributed by atoms with van der Waals surface area (Å²) in [6, 6.07) is 14.0. The number of benzene rings is 2. The molecule has 0 radical (unpaired) electrons. The molecule has 0 saturated heterocycles. The SMILES string of the molecule is COc1ccc(CNC(=O)/C(C#N)=C/C=C/c2ccc(O)c(OC)c2)cc1. The summed E-state index contributed by atoms with van der Waals surface area (Å²) >= 11 is 0. The Bertz CT molecular complexity index is 893. The van der Waals surface area contributed by atoms with Crippen LogP contribution in [0.4, 0.5) is 0 Å². The number of aromatic hydroxyl groups is 1. The van der Waals surface area contributed by atoms with Gasteiger partial charge < -0.3 is 19.9 Å². The second kappa shape index (κ2) is 9.68. The van der Waals surface area contributed by atoms with Gasteiger partial charge in [-0.3, -0.25) is 4.79 Å². The summed E-state index contributed by atoms with van der Waals surface area (Å²) in [5.41, 5.74) is 1.65. The first-order valence-electron chi connectivity index (χ1n) is 8.14. The number of rotatable bonds is 7. The van der Waals surface area contributed by atoms with Gasteiger partial charge in [0.2, 0.25) is 0 Å². The van der Waals surface area contributed by atoms with Crippen LogP contribution in [0.15, 0.2) is 60.2 Å². The lowest BCUT2D eigenvalue weighted by atomic mass is 10.1. The van der Waals surface area contributed by atoms with E-state index in [0.29, 0.717) is 12.3 Å². The number of nitrogens with one attached hydrogen (secondary N) is 1. The number of nitrogens with zero attached hydrogens (tertiary/aromatic N) is 1. The highest BCUT2D eigenvalue weighted by molar-refractivity contribution is 5.97. The number of hydrogen-bond acceptors (Lipinski definition) is 5. The number of carbonyl (C=O) groups is 1. The van der Waals surface area contributed by atoms with E-state index in [-0.39, 0.29) is 11.3 Å². The molecule has 2 N–H and O–H groups in total. The van der Waals surface area contributed by atoms with Crippen molar-refractivity contribution in [2.45, 2.75) is 6.54 Å². The van der Waals surface area contributed by atoms with Crippen molar-refractivity contribution in [3.63, 3.8) is 0 Å². The number of amides is 1. The molecule has 0 aliphatic carbocycles. The fraction of sp³-hybridized carbons (Fsp3) is 0.143. The number of hydrogen-bond donors (Lipinski definition) is 2. The minimum absolute atomic E-state index is 0.00879. The molecular weight excluding hydrogens is 344 g/mol. The lowest BCUT2D eigenvalue weighted by molar-refractivity contribution is -0.117. The molecule has 6 nitrogen and oxygen atoms in total. The number of phenolic OH excluding ortho intramolecular Hbond substituents is 1. The largest absolute Gasteiger partial charge is 0.504 e. The number of carbonyl (C=O) groups excluding carboxylic acids is 1. The van der Waals surface area contributed by atoms with Gasteiger partial charge in [0.1, 0.15) is 17.4 Å². The molecule has 2 rings (SSSR count). The van der Waals surface area contributed by atoms with Gasteiger partial charge >= 0.3 is 0 Å². The minimum Gasteiger partial charge on any atom is -0.504 e. The highest BCUT2D eigenvalue weighted by Gasteiger charge is 2.07. The maximum absolute atomic E-state index is 12.1. The van der Waals surface area contributed by atoms with Crippen LogP contribution in [0.3, 0.4) is 0 Å². The molecule has 0 aromatic heterocycles. The van der Waals surface area contributed by atoms with Gasteiger partial charge in [-0.25, -0.2) is 0 Å². The number of methoxy groups -OCH3 is 2. The third-order valence-corrected chi connectivity index (χ3v) is 3.73. The van der Waals surface area contributed by atoms with E-state index in [0.717, 1.165) is 16.9 Å². The molecule has 1 amide bonds. The van der Waals surface area contributed by atoms with Gasteiger partial charge in [-0.15, -0.1) is 0 Å². The van der Waals surface area contributed by atoms with Crippen LogP contribution in [0.2, 0.25) is 0 Å². The molecule has 0 aliphatic heterocycles. The third kappa shape index (κ3) is 5.65. The highest BCUT2D eigenvalue weighted by atomic mass is 16.5. The molecule has 2 aromatic carbocycles. The van der Waals surface area contributed by atoms with Gasteiger partial charge in [-0.1, -0.05) is 30.4 Å². The van der Waals surface area contributed by atoms with E-state index in [1.165, 1.54) is 19.3 Å². The second-order valence-corrected chi connectivity index (χ2v) is 5.51. The van der Waals surface area contributed by atoms with E-state index in [2.05, 4.69) is 5.32 Å². The molecule has 0 atom stereocenters. The van der Waals surface area contributed by atoms with Gasteiger partial charge in [-0.2, -0.15) is 5.26 Å². The van der Waals surface area contributed by atoms with Crippen molar-refractivity contribution in [3.8, 4) is 23.3 Å². The first-order valence-corrected chi connectivity index (χ1v) is 8.14. The maximum atomic E-state index is 12.1. The fourth-order valence-corrected chi connectivity index (χ4v) is 2.24. The van der Waals surface area contributed by atoms with Gasteiger partial charge in [0.05, 0.1) is 14.2 Å². The molecule has 0 spiro atoms. The fourth-order valence-electron chi connectivity index (χ4n) is 2.24. The van der Waals surface area contributed by atoms with Crippen molar-refractivity contribution in [2.75, 3.05) is 14.2 Å². The molecule has 0 fully saturated rings. The van der Waals surface area contributed by atoms with Crippen LogP contribution in [-0.2, 0) is 11.3 Å². The van der Waals surface area contributed by atoms with Gasteiger partial charge in [0, 0.05) is 6.54 Å². The first kappa shape index (κ1) is 19.6. The van der Waals surface area contributed by atoms with Crippen LogP contribution >= 0.6 is 0 Å². The van der Waals surface area contributed by atoms with E-state index in [9.17, 15) is 15.2 Å². The standard InChI is InChI=1S/C21H20N2O4/c1-26-18-9-6-16(7-10-18)14-23-21(25)17(13-22)5-3-4-15-8-11-19(24)20(12-15)27-2/h3-12,24H,14H2,1-2H3,(H,23,25)/b4-3+,17-5+. The van der Waals surface area contributed by atoms with E-state index >= 15 is 0 Å². The van der Waals surface area contributed by atoms with Crippen molar-refractivity contribution >= 4 is 12.0 Å². The predicted molar refractivity (Wildman–Crippen MR) is 102 cm³/mol. The summed E-state index contributed by atoms with van der Waals surface area (Å²) in [7, 11) is 3.05. The summed E-state index contributed by atoms with van der Waals surface area (Å²) in [4.78, 5) is 12.1. The first-order chi connectivity index (χ1) is 13.1. The van der Waals surface area contributed by atoms with Gasteiger partial charge in [0.25, 0.3) is 5.91 Å². The van der Waals surface area contributed by atoms with Gasteiger partial charge in [0.15, 0.2) is 11.5 Å². The number of ether oxygens (including phenoxy) is 2. The van der Waals surface area contributed by atoms with Crippen LogP contribution < -0.4 is 14.8 Å². The van der Waals surface area contributed by atoms with Crippen molar-refractivity contribution in [1.82, 2.24) is 5.32 Å². The molecule has 0 aliphatic rings. The Kier molecular flexibility index (Phi) is 7.03. The maximum Gasteiger partial charge on any atom is 0.262 e. The predicted octanol–water partition coefficient (Wildman–Crippen LogP) is 3.19. The smallest absolute Gasteiger partial charge is 0.262 e.